The number of rotatable bonds is 4. The molecule has 0 aliphatic heterocycles. The number of hydrogen-bond donors (Lipinski definition) is 2. The van der Waals surface area contributed by atoms with E-state index in [4.69, 9.17) is 4.42 Å². The van der Waals surface area contributed by atoms with Gasteiger partial charge in [-0.2, -0.15) is 0 Å². The quantitative estimate of drug-likeness (QED) is 0.700. The number of aliphatic hydroxyl groups excluding tert-OH is 1. The third-order valence-electron chi connectivity index (χ3n) is 5.21. The van der Waals surface area contributed by atoms with Crippen LogP contribution in [0.4, 0.5) is 5.69 Å². The fourth-order valence-electron chi connectivity index (χ4n) is 3.84. The van der Waals surface area contributed by atoms with Crippen LogP contribution in [0.5, 0.6) is 0 Å². The summed E-state index contributed by atoms with van der Waals surface area (Å²) in [5, 5.41) is 10.6. The number of aliphatic hydroxyl groups is 1. The topological polar surface area (TPSA) is 96.6 Å². The van der Waals surface area contributed by atoms with Crippen LogP contribution in [0.1, 0.15) is 30.7 Å². The minimum absolute atomic E-state index is 0.0873. The van der Waals surface area contributed by atoms with Crippen LogP contribution < -0.4 is 10.2 Å². The maximum absolute atomic E-state index is 12.9. The highest BCUT2D eigenvalue weighted by Crippen LogP contribution is 2.35. The average molecular weight is 399 g/mol. The second-order valence-electron chi connectivity index (χ2n) is 7.29. The Morgan fingerprint density at radius 3 is 2.50 bits per heavy atom. The SMILES string of the molecule is CS(=O)(=O)Nc1ccc(-c2coc3cc(C4CCC[C@H]4O)ccc3c2=O)cc1. The summed E-state index contributed by atoms with van der Waals surface area (Å²) < 4.78 is 30.7. The van der Waals surface area contributed by atoms with Gasteiger partial charge in [-0.15, -0.1) is 0 Å². The predicted octanol–water partition coefficient (Wildman–Crippen LogP) is 3.46. The van der Waals surface area contributed by atoms with Crippen molar-refractivity contribution in [3.05, 3.63) is 64.5 Å². The number of benzene rings is 2. The van der Waals surface area contributed by atoms with Crippen molar-refractivity contribution >= 4 is 26.7 Å². The van der Waals surface area contributed by atoms with Gasteiger partial charge in [0.15, 0.2) is 5.43 Å². The molecule has 1 unspecified atom stereocenters. The lowest BCUT2D eigenvalue weighted by atomic mass is 9.94. The average Bonchev–Trinajstić information content (AvgIpc) is 3.07. The fraction of sp³-hybridized carbons (Fsp3) is 0.286. The molecule has 2 atom stereocenters. The van der Waals surface area contributed by atoms with E-state index in [1.807, 2.05) is 12.1 Å². The second kappa shape index (κ2) is 7.07. The summed E-state index contributed by atoms with van der Waals surface area (Å²) in [4.78, 5) is 12.9. The lowest BCUT2D eigenvalue weighted by Crippen LogP contribution is -2.11. The summed E-state index contributed by atoms with van der Waals surface area (Å²) in [6.45, 7) is 0. The van der Waals surface area contributed by atoms with Crippen LogP contribution in [-0.4, -0.2) is 25.9 Å². The Morgan fingerprint density at radius 1 is 1.11 bits per heavy atom. The molecule has 1 aliphatic carbocycles. The van der Waals surface area contributed by atoms with E-state index in [0.717, 1.165) is 31.1 Å². The molecule has 0 amide bonds. The summed E-state index contributed by atoms with van der Waals surface area (Å²) in [6.07, 6.45) is 4.90. The van der Waals surface area contributed by atoms with E-state index in [9.17, 15) is 18.3 Å². The zero-order chi connectivity index (χ0) is 19.9. The van der Waals surface area contributed by atoms with Crippen LogP contribution in [-0.2, 0) is 10.0 Å². The van der Waals surface area contributed by atoms with Crippen LogP contribution in [0.2, 0.25) is 0 Å². The molecule has 1 heterocycles. The summed E-state index contributed by atoms with van der Waals surface area (Å²) in [5.41, 5.74) is 2.82. The molecule has 1 aliphatic rings. The molecular weight excluding hydrogens is 378 g/mol. The molecule has 1 saturated carbocycles. The Morgan fingerprint density at radius 2 is 1.86 bits per heavy atom. The first kappa shape index (κ1) is 18.7. The van der Waals surface area contributed by atoms with Crippen molar-refractivity contribution in [3.63, 3.8) is 0 Å². The van der Waals surface area contributed by atoms with Gasteiger partial charge in [0.1, 0.15) is 11.8 Å². The van der Waals surface area contributed by atoms with Crippen LogP contribution in [0, 0.1) is 0 Å². The third kappa shape index (κ3) is 3.68. The molecule has 2 N–H and O–H groups in total. The van der Waals surface area contributed by atoms with E-state index in [1.165, 1.54) is 6.26 Å². The maximum Gasteiger partial charge on any atom is 0.229 e. The lowest BCUT2D eigenvalue weighted by Gasteiger charge is -2.15. The molecular formula is C21H21NO5S. The van der Waals surface area contributed by atoms with Crippen LogP contribution in [0.25, 0.3) is 22.1 Å². The summed E-state index contributed by atoms with van der Waals surface area (Å²) in [5.74, 6) is 0.0873. The Balaban J connectivity index is 1.69. The minimum Gasteiger partial charge on any atom is -0.463 e. The van der Waals surface area contributed by atoms with Gasteiger partial charge in [-0.05, 0) is 48.2 Å². The molecule has 0 spiro atoms. The first-order chi connectivity index (χ1) is 13.3. The molecule has 1 fully saturated rings. The van der Waals surface area contributed by atoms with Crippen LogP contribution in [0.15, 0.2) is 57.9 Å². The molecule has 4 rings (SSSR count). The van der Waals surface area contributed by atoms with Crippen molar-refractivity contribution in [2.75, 3.05) is 11.0 Å². The van der Waals surface area contributed by atoms with Crippen LogP contribution in [0.3, 0.4) is 0 Å². The summed E-state index contributed by atoms with van der Waals surface area (Å²) in [7, 11) is -3.35. The van der Waals surface area contributed by atoms with Gasteiger partial charge in [0.2, 0.25) is 10.0 Å². The zero-order valence-corrected chi connectivity index (χ0v) is 16.2. The van der Waals surface area contributed by atoms with Gasteiger partial charge in [-0.3, -0.25) is 9.52 Å². The molecule has 2 aromatic carbocycles. The smallest absolute Gasteiger partial charge is 0.229 e. The van der Waals surface area contributed by atoms with Crippen molar-refractivity contribution in [3.8, 4) is 11.1 Å². The molecule has 3 aromatic rings. The van der Waals surface area contributed by atoms with Gasteiger partial charge < -0.3 is 9.52 Å². The third-order valence-corrected chi connectivity index (χ3v) is 5.81. The largest absolute Gasteiger partial charge is 0.463 e. The molecule has 6 nitrogen and oxygen atoms in total. The van der Waals surface area contributed by atoms with Gasteiger partial charge in [0.25, 0.3) is 0 Å². The standard InChI is InChI=1S/C21H21NO5S/c1-28(25,26)22-15-8-5-13(6-9-15)18-12-27-20-11-14(7-10-17(20)21(18)24)16-3-2-4-19(16)23/h5-12,16,19,22-23H,2-4H2,1H3/t16?,19-/m1/s1. The van der Waals surface area contributed by atoms with Crippen molar-refractivity contribution in [2.45, 2.75) is 31.3 Å². The second-order valence-corrected chi connectivity index (χ2v) is 9.04. The van der Waals surface area contributed by atoms with E-state index >= 15 is 0 Å². The lowest BCUT2D eigenvalue weighted by molar-refractivity contribution is 0.164. The number of hydrogen-bond acceptors (Lipinski definition) is 5. The maximum atomic E-state index is 12.9. The molecule has 0 saturated heterocycles. The zero-order valence-electron chi connectivity index (χ0n) is 15.4. The highest BCUT2D eigenvalue weighted by atomic mass is 32.2. The van der Waals surface area contributed by atoms with E-state index in [1.54, 1.807) is 30.3 Å². The van der Waals surface area contributed by atoms with E-state index in [-0.39, 0.29) is 17.5 Å². The predicted molar refractivity (Wildman–Crippen MR) is 109 cm³/mol. The monoisotopic (exact) mass is 399 g/mol. The molecule has 1 aromatic heterocycles. The van der Waals surface area contributed by atoms with Crippen molar-refractivity contribution in [1.29, 1.82) is 0 Å². The van der Waals surface area contributed by atoms with Crippen molar-refractivity contribution < 1.29 is 17.9 Å². The highest BCUT2D eigenvalue weighted by Gasteiger charge is 2.27. The molecule has 0 bridgehead atoms. The van der Waals surface area contributed by atoms with E-state index in [0.29, 0.717) is 27.8 Å². The number of fused-ring (bicyclic) bond motifs is 1. The fourth-order valence-corrected chi connectivity index (χ4v) is 4.40. The molecule has 0 radical (unpaired) electrons. The number of sulfonamides is 1. The molecule has 7 heteroatoms. The van der Waals surface area contributed by atoms with Gasteiger partial charge in [0, 0.05) is 11.6 Å². The summed E-state index contributed by atoms with van der Waals surface area (Å²) >= 11 is 0. The van der Waals surface area contributed by atoms with Gasteiger partial charge in [-0.25, -0.2) is 8.42 Å². The van der Waals surface area contributed by atoms with Crippen LogP contribution >= 0.6 is 0 Å². The minimum atomic E-state index is -3.35. The first-order valence-corrected chi connectivity index (χ1v) is 11.0. The van der Waals surface area contributed by atoms with Crippen molar-refractivity contribution in [2.24, 2.45) is 0 Å². The Labute approximate surface area is 162 Å². The van der Waals surface area contributed by atoms with Gasteiger partial charge in [-0.1, -0.05) is 24.6 Å². The van der Waals surface area contributed by atoms with Gasteiger partial charge in [0.05, 0.1) is 23.3 Å². The Kier molecular flexibility index (Phi) is 4.72. The normalized spacial score (nSPS) is 19.8. The van der Waals surface area contributed by atoms with E-state index in [2.05, 4.69) is 4.72 Å². The highest BCUT2D eigenvalue weighted by molar-refractivity contribution is 7.92. The summed E-state index contributed by atoms with van der Waals surface area (Å²) in [6, 6.07) is 12.0. The van der Waals surface area contributed by atoms with Crippen molar-refractivity contribution in [1.82, 2.24) is 0 Å². The number of anilines is 1. The number of nitrogens with one attached hydrogen (secondary N) is 1. The van der Waals surface area contributed by atoms with Gasteiger partial charge >= 0.3 is 0 Å². The molecule has 146 valence electrons. The Hall–Kier alpha value is -2.64. The first-order valence-electron chi connectivity index (χ1n) is 9.13. The molecule has 28 heavy (non-hydrogen) atoms. The van der Waals surface area contributed by atoms with E-state index < -0.39 is 10.0 Å². The Bertz CT molecular complexity index is 1180.